The van der Waals surface area contributed by atoms with Gasteiger partial charge in [-0.05, 0) is 36.8 Å². The molecule has 2 atom stereocenters. The standard InChI is InChI=1S/C18H22N4O3/c1-24-15-5-3-13(4-6-15)18(23)20-10-14-9-16(25-2)11-22(14)17-7-8-19-12-21-17/h3-8,12,14,16H,9-11H2,1-2H3,(H,20,23)/t14-,16-/m0/s1. The lowest BCUT2D eigenvalue weighted by molar-refractivity contribution is 0.0946. The molecular weight excluding hydrogens is 320 g/mol. The fraction of sp³-hybridized carbons (Fsp3) is 0.389. The highest BCUT2D eigenvalue weighted by molar-refractivity contribution is 5.94. The highest BCUT2D eigenvalue weighted by Gasteiger charge is 2.33. The van der Waals surface area contributed by atoms with Gasteiger partial charge in [0.2, 0.25) is 0 Å². The monoisotopic (exact) mass is 342 g/mol. The molecule has 0 saturated carbocycles. The van der Waals surface area contributed by atoms with Crippen molar-refractivity contribution in [2.75, 3.05) is 32.2 Å². The Balaban J connectivity index is 1.64. The number of rotatable bonds is 6. The van der Waals surface area contributed by atoms with Gasteiger partial charge in [-0.15, -0.1) is 0 Å². The maximum atomic E-state index is 12.4. The molecule has 1 fully saturated rings. The summed E-state index contributed by atoms with van der Waals surface area (Å²) in [6, 6.07) is 9.06. The second kappa shape index (κ2) is 7.94. The minimum absolute atomic E-state index is 0.105. The van der Waals surface area contributed by atoms with Gasteiger partial charge >= 0.3 is 0 Å². The lowest BCUT2D eigenvalue weighted by atomic mass is 10.1. The van der Waals surface area contributed by atoms with Crippen molar-refractivity contribution in [3.05, 3.63) is 48.4 Å². The van der Waals surface area contributed by atoms with E-state index in [1.165, 1.54) is 6.33 Å². The highest BCUT2D eigenvalue weighted by Crippen LogP contribution is 2.24. The molecule has 1 aromatic carbocycles. The van der Waals surface area contributed by atoms with E-state index in [0.29, 0.717) is 12.1 Å². The summed E-state index contributed by atoms with van der Waals surface area (Å²) in [5.41, 5.74) is 0.607. The topological polar surface area (TPSA) is 76.6 Å². The second-order valence-electron chi connectivity index (χ2n) is 5.91. The molecule has 1 aliphatic heterocycles. The number of methoxy groups -OCH3 is 2. The van der Waals surface area contributed by atoms with Gasteiger partial charge in [0.05, 0.1) is 19.3 Å². The molecule has 0 aliphatic carbocycles. The van der Waals surface area contributed by atoms with E-state index in [4.69, 9.17) is 9.47 Å². The van der Waals surface area contributed by atoms with Crippen molar-refractivity contribution in [1.29, 1.82) is 0 Å². The van der Waals surface area contributed by atoms with E-state index in [1.54, 1.807) is 44.7 Å². The smallest absolute Gasteiger partial charge is 0.251 e. The van der Waals surface area contributed by atoms with E-state index < -0.39 is 0 Å². The Morgan fingerprint density at radius 2 is 2.08 bits per heavy atom. The maximum absolute atomic E-state index is 12.4. The highest BCUT2D eigenvalue weighted by atomic mass is 16.5. The minimum atomic E-state index is -0.105. The Hall–Kier alpha value is -2.67. The summed E-state index contributed by atoms with van der Waals surface area (Å²) >= 11 is 0. The molecule has 0 bridgehead atoms. The van der Waals surface area contributed by atoms with Gasteiger partial charge in [0.25, 0.3) is 5.91 Å². The van der Waals surface area contributed by atoms with Crippen LogP contribution in [0.1, 0.15) is 16.8 Å². The van der Waals surface area contributed by atoms with Crippen LogP contribution < -0.4 is 15.0 Å². The number of amides is 1. The number of hydrogen-bond donors (Lipinski definition) is 1. The van der Waals surface area contributed by atoms with Crippen LogP contribution in [-0.4, -0.2) is 55.3 Å². The maximum Gasteiger partial charge on any atom is 0.251 e. The van der Waals surface area contributed by atoms with Crippen LogP contribution in [0, 0.1) is 0 Å². The summed E-state index contributed by atoms with van der Waals surface area (Å²) in [5.74, 6) is 1.47. The molecule has 7 nitrogen and oxygen atoms in total. The zero-order valence-electron chi connectivity index (χ0n) is 14.4. The molecule has 2 heterocycles. The van der Waals surface area contributed by atoms with Crippen LogP contribution >= 0.6 is 0 Å². The van der Waals surface area contributed by atoms with Crippen LogP contribution in [0.25, 0.3) is 0 Å². The lowest BCUT2D eigenvalue weighted by Crippen LogP contribution is -2.40. The minimum Gasteiger partial charge on any atom is -0.497 e. The van der Waals surface area contributed by atoms with Gasteiger partial charge in [0.15, 0.2) is 0 Å². The molecule has 1 amide bonds. The number of benzene rings is 1. The first-order valence-electron chi connectivity index (χ1n) is 8.19. The molecule has 1 aliphatic rings. The first kappa shape index (κ1) is 17.2. The van der Waals surface area contributed by atoms with Crippen molar-refractivity contribution < 1.29 is 14.3 Å². The van der Waals surface area contributed by atoms with E-state index >= 15 is 0 Å². The molecule has 25 heavy (non-hydrogen) atoms. The number of nitrogens with zero attached hydrogens (tertiary/aromatic N) is 3. The Kier molecular flexibility index (Phi) is 5.45. The third-order valence-corrected chi connectivity index (χ3v) is 4.42. The van der Waals surface area contributed by atoms with Crippen molar-refractivity contribution in [2.45, 2.75) is 18.6 Å². The summed E-state index contributed by atoms with van der Waals surface area (Å²) in [4.78, 5) is 22.8. The van der Waals surface area contributed by atoms with Gasteiger partial charge in [-0.3, -0.25) is 4.79 Å². The largest absolute Gasteiger partial charge is 0.497 e. The number of hydrogen-bond acceptors (Lipinski definition) is 6. The molecule has 2 aromatic rings. The average Bonchev–Trinajstić information content (AvgIpc) is 3.10. The summed E-state index contributed by atoms with van der Waals surface area (Å²) < 4.78 is 10.6. The van der Waals surface area contributed by atoms with Crippen LogP contribution in [0.5, 0.6) is 5.75 Å². The predicted molar refractivity (Wildman–Crippen MR) is 93.9 cm³/mol. The van der Waals surface area contributed by atoms with Gasteiger partial charge in [-0.25, -0.2) is 9.97 Å². The van der Waals surface area contributed by atoms with E-state index in [1.807, 2.05) is 6.07 Å². The van der Waals surface area contributed by atoms with Gasteiger partial charge < -0.3 is 19.7 Å². The number of anilines is 1. The quantitative estimate of drug-likeness (QED) is 0.857. The van der Waals surface area contributed by atoms with Gasteiger partial charge in [-0.1, -0.05) is 0 Å². The molecule has 1 N–H and O–H groups in total. The SMILES string of the molecule is COc1ccc(C(=O)NC[C@@H]2C[C@H](OC)CN2c2ccncn2)cc1. The number of ether oxygens (including phenoxy) is 2. The number of carbonyl (C=O) groups is 1. The van der Waals surface area contributed by atoms with Crippen LogP contribution in [-0.2, 0) is 4.74 Å². The third-order valence-electron chi connectivity index (χ3n) is 4.42. The molecule has 7 heteroatoms. The molecule has 132 valence electrons. The van der Waals surface area contributed by atoms with Gasteiger partial charge in [0.1, 0.15) is 17.9 Å². The fourth-order valence-corrected chi connectivity index (χ4v) is 3.03. The molecule has 3 rings (SSSR count). The zero-order valence-corrected chi connectivity index (χ0v) is 14.4. The summed E-state index contributed by atoms with van der Waals surface area (Å²) in [7, 11) is 3.31. The van der Waals surface area contributed by atoms with E-state index in [2.05, 4.69) is 20.2 Å². The first-order chi connectivity index (χ1) is 12.2. The zero-order chi connectivity index (χ0) is 17.6. The van der Waals surface area contributed by atoms with Gasteiger partial charge in [-0.2, -0.15) is 0 Å². The van der Waals surface area contributed by atoms with Crippen molar-refractivity contribution in [3.63, 3.8) is 0 Å². The summed E-state index contributed by atoms with van der Waals surface area (Å²) in [6.07, 6.45) is 4.21. The second-order valence-corrected chi connectivity index (χ2v) is 5.91. The molecule has 1 saturated heterocycles. The van der Waals surface area contributed by atoms with Crippen LogP contribution in [0.2, 0.25) is 0 Å². The Bertz CT molecular complexity index is 693. The molecular formula is C18H22N4O3. The van der Waals surface area contributed by atoms with Crippen molar-refractivity contribution in [1.82, 2.24) is 15.3 Å². The number of nitrogens with one attached hydrogen (secondary N) is 1. The molecule has 0 radical (unpaired) electrons. The van der Waals surface area contributed by atoms with Crippen molar-refractivity contribution >= 4 is 11.7 Å². The average molecular weight is 342 g/mol. The Morgan fingerprint density at radius 3 is 2.72 bits per heavy atom. The Morgan fingerprint density at radius 1 is 1.28 bits per heavy atom. The predicted octanol–water partition coefficient (Wildman–Crippen LogP) is 1.51. The van der Waals surface area contributed by atoms with Crippen LogP contribution in [0.3, 0.4) is 0 Å². The lowest BCUT2D eigenvalue weighted by Gasteiger charge is -2.25. The summed E-state index contributed by atoms with van der Waals surface area (Å²) in [6.45, 7) is 1.27. The van der Waals surface area contributed by atoms with Crippen LogP contribution in [0.15, 0.2) is 42.9 Å². The van der Waals surface area contributed by atoms with E-state index in [0.717, 1.165) is 24.5 Å². The first-order valence-corrected chi connectivity index (χ1v) is 8.19. The number of aromatic nitrogens is 2. The van der Waals surface area contributed by atoms with Crippen molar-refractivity contribution in [3.8, 4) is 5.75 Å². The van der Waals surface area contributed by atoms with Gasteiger partial charge in [0, 0.05) is 32.0 Å². The normalized spacial score (nSPS) is 19.7. The van der Waals surface area contributed by atoms with Crippen molar-refractivity contribution in [2.24, 2.45) is 0 Å². The Labute approximate surface area is 147 Å². The fourth-order valence-electron chi connectivity index (χ4n) is 3.03. The molecule has 0 spiro atoms. The van der Waals surface area contributed by atoms with E-state index in [-0.39, 0.29) is 18.1 Å². The third kappa shape index (κ3) is 4.06. The van der Waals surface area contributed by atoms with Crippen LogP contribution in [0.4, 0.5) is 5.82 Å². The summed E-state index contributed by atoms with van der Waals surface area (Å²) in [5, 5.41) is 3.00. The van der Waals surface area contributed by atoms with E-state index in [9.17, 15) is 4.79 Å². The molecule has 1 aromatic heterocycles. The number of carbonyl (C=O) groups excluding carboxylic acids is 1. The molecule has 0 unspecified atom stereocenters.